The molecule has 1 unspecified atom stereocenters. The molecular weight excluding hydrogens is 212 g/mol. The highest BCUT2D eigenvalue weighted by atomic mass is 16.1. The Morgan fingerprint density at radius 1 is 1.29 bits per heavy atom. The minimum absolute atomic E-state index is 0.00125. The molecule has 0 aliphatic heterocycles. The molecule has 1 atom stereocenters. The summed E-state index contributed by atoms with van der Waals surface area (Å²) in [5.41, 5.74) is 1.98. The number of rotatable bonds is 5. The first kappa shape index (κ1) is 13.7. The number of aryl methyl sites for hydroxylation is 1. The molecule has 0 saturated carbocycles. The fraction of sp³-hybridized carbons (Fsp3) is 0.500. The van der Waals surface area contributed by atoms with Crippen molar-refractivity contribution in [3.05, 3.63) is 35.4 Å². The number of hydrogen-bond acceptors (Lipinski definition) is 2. The Hall–Kier alpha value is -1.35. The summed E-state index contributed by atoms with van der Waals surface area (Å²) in [6, 6.07) is 8.12. The highest BCUT2D eigenvalue weighted by molar-refractivity contribution is 5.94. The number of hydrogen-bond donors (Lipinski definition) is 1. The molecule has 0 aliphatic carbocycles. The van der Waals surface area contributed by atoms with E-state index in [1.807, 2.05) is 38.4 Å². The minimum atomic E-state index is 0.00125. The number of amides is 1. The van der Waals surface area contributed by atoms with Crippen molar-refractivity contribution in [3.8, 4) is 0 Å². The first-order valence-electron chi connectivity index (χ1n) is 6.08. The van der Waals surface area contributed by atoms with Gasteiger partial charge in [-0.1, -0.05) is 19.1 Å². The predicted molar refractivity (Wildman–Crippen MR) is 71.3 cm³/mol. The van der Waals surface area contributed by atoms with Gasteiger partial charge >= 0.3 is 0 Å². The van der Waals surface area contributed by atoms with Gasteiger partial charge in [-0.05, 0) is 45.1 Å². The summed E-state index contributed by atoms with van der Waals surface area (Å²) in [6.45, 7) is 4.86. The summed E-state index contributed by atoms with van der Waals surface area (Å²) < 4.78 is 0. The third kappa shape index (κ3) is 4.19. The zero-order valence-electron chi connectivity index (χ0n) is 11.2. The van der Waals surface area contributed by atoms with E-state index in [0.29, 0.717) is 12.6 Å². The van der Waals surface area contributed by atoms with E-state index in [-0.39, 0.29) is 5.91 Å². The lowest BCUT2D eigenvalue weighted by molar-refractivity contribution is 0.0943. The summed E-state index contributed by atoms with van der Waals surface area (Å²) in [6.07, 6.45) is 1.000. The van der Waals surface area contributed by atoms with E-state index in [1.165, 1.54) is 5.56 Å². The van der Waals surface area contributed by atoms with Crippen molar-refractivity contribution in [1.29, 1.82) is 0 Å². The molecule has 0 radical (unpaired) electrons. The largest absolute Gasteiger partial charge is 0.350 e. The Bertz CT molecular complexity index is 357. The Balaban J connectivity index is 2.52. The Labute approximate surface area is 104 Å². The molecule has 0 aromatic heterocycles. The van der Waals surface area contributed by atoms with Gasteiger partial charge in [0, 0.05) is 18.2 Å². The summed E-state index contributed by atoms with van der Waals surface area (Å²) in [5.74, 6) is 0.00125. The molecule has 1 N–H and O–H groups in total. The average molecular weight is 234 g/mol. The van der Waals surface area contributed by atoms with Gasteiger partial charge in [-0.3, -0.25) is 4.79 Å². The fourth-order valence-corrected chi connectivity index (χ4v) is 1.42. The SMILES string of the molecule is CCc1ccc(C(=O)NCC(C)N(C)C)cc1. The lowest BCUT2D eigenvalue weighted by atomic mass is 10.1. The van der Waals surface area contributed by atoms with Crippen LogP contribution in [0.4, 0.5) is 0 Å². The third-order valence-corrected chi connectivity index (χ3v) is 3.06. The first-order valence-corrected chi connectivity index (χ1v) is 6.08. The zero-order valence-corrected chi connectivity index (χ0v) is 11.2. The van der Waals surface area contributed by atoms with Gasteiger partial charge in [0.25, 0.3) is 5.91 Å². The van der Waals surface area contributed by atoms with Gasteiger partial charge in [0.1, 0.15) is 0 Å². The van der Waals surface area contributed by atoms with E-state index in [2.05, 4.69) is 24.1 Å². The molecule has 3 heteroatoms. The topological polar surface area (TPSA) is 32.3 Å². The average Bonchev–Trinajstić information content (AvgIpc) is 2.35. The number of likely N-dealkylation sites (N-methyl/N-ethyl adjacent to an activating group) is 1. The maximum absolute atomic E-state index is 11.8. The molecule has 0 fully saturated rings. The molecule has 3 nitrogen and oxygen atoms in total. The normalized spacial score (nSPS) is 12.5. The van der Waals surface area contributed by atoms with Crippen LogP contribution in [0.5, 0.6) is 0 Å². The lowest BCUT2D eigenvalue weighted by Crippen LogP contribution is -2.38. The standard InChI is InChI=1S/C14H22N2O/c1-5-12-6-8-13(9-7-12)14(17)15-10-11(2)16(3)4/h6-9,11H,5,10H2,1-4H3,(H,15,17). The van der Waals surface area contributed by atoms with Crippen molar-refractivity contribution >= 4 is 5.91 Å². The molecule has 1 amide bonds. The quantitative estimate of drug-likeness (QED) is 0.844. The molecule has 17 heavy (non-hydrogen) atoms. The molecule has 0 saturated heterocycles. The van der Waals surface area contributed by atoms with Crippen LogP contribution in [-0.4, -0.2) is 37.5 Å². The van der Waals surface area contributed by atoms with Gasteiger partial charge in [-0.15, -0.1) is 0 Å². The van der Waals surface area contributed by atoms with Crippen LogP contribution in [0.15, 0.2) is 24.3 Å². The van der Waals surface area contributed by atoms with Crippen molar-refractivity contribution in [2.75, 3.05) is 20.6 Å². The maximum Gasteiger partial charge on any atom is 0.251 e. The minimum Gasteiger partial charge on any atom is -0.350 e. The van der Waals surface area contributed by atoms with Gasteiger partial charge in [0.05, 0.1) is 0 Å². The molecule has 1 aromatic rings. The Morgan fingerprint density at radius 3 is 2.35 bits per heavy atom. The maximum atomic E-state index is 11.8. The van der Waals surface area contributed by atoms with E-state index >= 15 is 0 Å². The predicted octanol–water partition coefficient (Wildman–Crippen LogP) is 1.93. The van der Waals surface area contributed by atoms with Crippen LogP contribution < -0.4 is 5.32 Å². The van der Waals surface area contributed by atoms with Crippen molar-refractivity contribution < 1.29 is 4.79 Å². The van der Waals surface area contributed by atoms with Gasteiger partial charge in [-0.25, -0.2) is 0 Å². The fourth-order valence-electron chi connectivity index (χ4n) is 1.42. The molecule has 0 spiro atoms. The van der Waals surface area contributed by atoms with Crippen LogP contribution in [0.2, 0.25) is 0 Å². The summed E-state index contributed by atoms with van der Waals surface area (Å²) in [5, 5.41) is 2.94. The van der Waals surface area contributed by atoms with Crippen LogP contribution in [0.3, 0.4) is 0 Å². The monoisotopic (exact) mass is 234 g/mol. The third-order valence-electron chi connectivity index (χ3n) is 3.06. The van der Waals surface area contributed by atoms with Crippen LogP contribution in [0.25, 0.3) is 0 Å². The van der Waals surface area contributed by atoms with E-state index < -0.39 is 0 Å². The summed E-state index contributed by atoms with van der Waals surface area (Å²) in [7, 11) is 4.01. The second-order valence-electron chi connectivity index (χ2n) is 4.57. The van der Waals surface area contributed by atoms with Crippen LogP contribution in [0, 0.1) is 0 Å². The molecule has 0 aliphatic rings. The Morgan fingerprint density at radius 2 is 1.88 bits per heavy atom. The van der Waals surface area contributed by atoms with E-state index in [4.69, 9.17) is 0 Å². The number of carbonyl (C=O) groups is 1. The van der Waals surface area contributed by atoms with Crippen LogP contribution in [-0.2, 0) is 6.42 Å². The molecule has 0 heterocycles. The van der Waals surface area contributed by atoms with Gasteiger partial charge in [-0.2, -0.15) is 0 Å². The van der Waals surface area contributed by atoms with E-state index in [9.17, 15) is 4.79 Å². The van der Waals surface area contributed by atoms with E-state index in [1.54, 1.807) is 0 Å². The van der Waals surface area contributed by atoms with Crippen molar-refractivity contribution in [2.24, 2.45) is 0 Å². The molecule has 1 rings (SSSR count). The Kier molecular flexibility index (Phi) is 5.16. The number of carbonyl (C=O) groups excluding carboxylic acids is 1. The highest BCUT2D eigenvalue weighted by Crippen LogP contribution is 2.05. The van der Waals surface area contributed by atoms with Gasteiger partial charge < -0.3 is 10.2 Å². The van der Waals surface area contributed by atoms with Crippen LogP contribution in [0.1, 0.15) is 29.8 Å². The second-order valence-corrected chi connectivity index (χ2v) is 4.57. The molecule has 1 aromatic carbocycles. The van der Waals surface area contributed by atoms with Crippen molar-refractivity contribution in [3.63, 3.8) is 0 Å². The second kappa shape index (κ2) is 6.40. The van der Waals surface area contributed by atoms with Crippen molar-refractivity contribution in [1.82, 2.24) is 10.2 Å². The first-order chi connectivity index (χ1) is 8.04. The summed E-state index contributed by atoms with van der Waals surface area (Å²) >= 11 is 0. The van der Waals surface area contributed by atoms with Crippen LogP contribution >= 0.6 is 0 Å². The van der Waals surface area contributed by atoms with Crippen molar-refractivity contribution in [2.45, 2.75) is 26.3 Å². The van der Waals surface area contributed by atoms with Gasteiger partial charge in [0.2, 0.25) is 0 Å². The molecular formula is C14H22N2O. The smallest absolute Gasteiger partial charge is 0.251 e. The zero-order chi connectivity index (χ0) is 12.8. The highest BCUT2D eigenvalue weighted by Gasteiger charge is 2.08. The van der Waals surface area contributed by atoms with Gasteiger partial charge in [0.15, 0.2) is 0 Å². The van der Waals surface area contributed by atoms with E-state index in [0.717, 1.165) is 12.0 Å². The molecule has 94 valence electrons. The number of nitrogens with one attached hydrogen (secondary N) is 1. The lowest BCUT2D eigenvalue weighted by Gasteiger charge is -2.19. The number of nitrogens with zero attached hydrogens (tertiary/aromatic N) is 1. The molecule has 0 bridgehead atoms. The summed E-state index contributed by atoms with van der Waals surface area (Å²) in [4.78, 5) is 13.9. The number of benzene rings is 1.